The molecule has 0 aliphatic carbocycles. The Balaban J connectivity index is 2.99. The topological polar surface area (TPSA) is 92.7 Å². The van der Waals surface area contributed by atoms with Gasteiger partial charge in [0.25, 0.3) is 0 Å². The van der Waals surface area contributed by atoms with Crippen LogP contribution in [0.2, 0.25) is 5.02 Å². The largest absolute Gasteiger partial charge is 0.497 e. The molecule has 0 aromatic heterocycles. The number of sulfonamides is 1. The lowest BCUT2D eigenvalue weighted by atomic mass is 9.97. The second-order valence-electron chi connectivity index (χ2n) is 4.84. The van der Waals surface area contributed by atoms with Gasteiger partial charge in [0.05, 0.1) is 18.1 Å². The van der Waals surface area contributed by atoms with Crippen molar-refractivity contribution in [3.05, 3.63) is 23.2 Å². The second-order valence-corrected chi connectivity index (χ2v) is 6.98. The molecule has 0 aliphatic rings. The summed E-state index contributed by atoms with van der Waals surface area (Å²) in [5, 5.41) is 9.11. The molecule has 0 spiro atoms. The highest BCUT2D eigenvalue weighted by Gasteiger charge is 2.25. The zero-order valence-electron chi connectivity index (χ0n) is 12.0. The standard InChI is InChI=1S/C13H18ClNO5S/c1-8(2)10(13(16)17)7-15-21(18,19)12-6-9(20-3)4-5-11(12)14/h4-6,8,10,15H,7H2,1-3H3,(H,16,17). The van der Waals surface area contributed by atoms with Crippen LogP contribution in [0.5, 0.6) is 5.75 Å². The molecule has 0 aliphatic heterocycles. The maximum Gasteiger partial charge on any atom is 0.308 e. The fraction of sp³-hybridized carbons (Fsp3) is 0.462. The van der Waals surface area contributed by atoms with E-state index in [0.717, 1.165) is 0 Å². The SMILES string of the molecule is COc1ccc(Cl)c(S(=O)(=O)NCC(C(=O)O)C(C)C)c1. The summed E-state index contributed by atoms with van der Waals surface area (Å²) in [4.78, 5) is 10.9. The van der Waals surface area contributed by atoms with Crippen molar-refractivity contribution in [2.24, 2.45) is 11.8 Å². The number of carboxylic acid groups (broad SMARTS) is 1. The molecule has 1 atom stereocenters. The third-order valence-corrected chi connectivity index (χ3v) is 4.95. The van der Waals surface area contributed by atoms with Crippen molar-refractivity contribution in [3.8, 4) is 5.75 Å². The van der Waals surface area contributed by atoms with E-state index in [-0.39, 0.29) is 22.4 Å². The molecular formula is C13H18ClNO5S. The number of carbonyl (C=O) groups is 1. The molecule has 0 bridgehead atoms. The van der Waals surface area contributed by atoms with Gasteiger partial charge in [-0.3, -0.25) is 4.79 Å². The van der Waals surface area contributed by atoms with E-state index in [1.54, 1.807) is 13.8 Å². The maximum atomic E-state index is 12.2. The number of ether oxygens (including phenoxy) is 1. The first-order valence-electron chi connectivity index (χ1n) is 6.25. The zero-order chi connectivity index (χ0) is 16.2. The minimum absolute atomic E-state index is 0.0414. The molecule has 1 rings (SSSR count). The van der Waals surface area contributed by atoms with Gasteiger partial charge in [-0.05, 0) is 18.1 Å². The van der Waals surface area contributed by atoms with Gasteiger partial charge in [0.2, 0.25) is 10.0 Å². The Morgan fingerprint density at radius 3 is 2.52 bits per heavy atom. The molecule has 0 saturated carbocycles. The molecular weight excluding hydrogens is 318 g/mol. The minimum atomic E-state index is -3.91. The molecule has 6 nitrogen and oxygen atoms in total. The number of aliphatic carboxylic acids is 1. The van der Waals surface area contributed by atoms with Crippen molar-refractivity contribution in [2.45, 2.75) is 18.7 Å². The summed E-state index contributed by atoms with van der Waals surface area (Å²) in [6.45, 7) is 3.22. The Hall–Kier alpha value is -1.31. The predicted molar refractivity (Wildman–Crippen MR) is 79.2 cm³/mol. The number of hydrogen-bond acceptors (Lipinski definition) is 4. The molecule has 0 fully saturated rings. The fourth-order valence-electron chi connectivity index (χ4n) is 1.70. The molecule has 1 aromatic carbocycles. The number of benzene rings is 1. The first-order valence-corrected chi connectivity index (χ1v) is 8.11. The average Bonchev–Trinajstić information content (AvgIpc) is 2.38. The minimum Gasteiger partial charge on any atom is -0.497 e. The third kappa shape index (κ3) is 4.59. The Bertz CT molecular complexity index is 615. The van der Waals surface area contributed by atoms with Crippen LogP contribution in [-0.2, 0) is 14.8 Å². The lowest BCUT2D eigenvalue weighted by Crippen LogP contribution is -2.35. The summed E-state index contributed by atoms with van der Waals surface area (Å²) >= 11 is 5.89. The highest BCUT2D eigenvalue weighted by atomic mass is 35.5. The van der Waals surface area contributed by atoms with E-state index in [1.807, 2.05) is 0 Å². The van der Waals surface area contributed by atoms with Crippen LogP contribution in [0.1, 0.15) is 13.8 Å². The van der Waals surface area contributed by atoms with Gasteiger partial charge in [-0.25, -0.2) is 13.1 Å². The van der Waals surface area contributed by atoms with Crippen LogP contribution in [-0.4, -0.2) is 33.1 Å². The van der Waals surface area contributed by atoms with Crippen LogP contribution >= 0.6 is 11.6 Å². The highest BCUT2D eigenvalue weighted by molar-refractivity contribution is 7.89. The van der Waals surface area contributed by atoms with Gasteiger partial charge in [0.1, 0.15) is 10.6 Å². The summed E-state index contributed by atoms with van der Waals surface area (Å²) in [5.41, 5.74) is 0. The van der Waals surface area contributed by atoms with Crippen LogP contribution in [0.25, 0.3) is 0 Å². The lowest BCUT2D eigenvalue weighted by Gasteiger charge is -2.17. The monoisotopic (exact) mass is 335 g/mol. The molecule has 8 heteroatoms. The smallest absolute Gasteiger partial charge is 0.308 e. The Kier molecular flexibility index (Phi) is 6.00. The van der Waals surface area contributed by atoms with E-state index in [0.29, 0.717) is 5.75 Å². The van der Waals surface area contributed by atoms with Crippen LogP contribution in [0.3, 0.4) is 0 Å². The van der Waals surface area contributed by atoms with Crippen molar-refractivity contribution >= 4 is 27.6 Å². The number of rotatable bonds is 7. The van der Waals surface area contributed by atoms with Crippen molar-refractivity contribution in [1.29, 1.82) is 0 Å². The van der Waals surface area contributed by atoms with Crippen molar-refractivity contribution in [1.82, 2.24) is 4.72 Å². The van der Waals surface area contributed by atoms with Crippen LogP contribution < -0.4 is 9.46 Å². The zero-order valence-corrected chi connectivity index (χ0v) is 13.5. The molecule has 21 heavy (non-hydrogen) atoms. The van der Waals surface area contributed by atoms with Gasteiger partial charge < -0.3 is 9.84 Å². The molecule has 2 N–H and O–H groups in total. The summed E-state index contributed by atoms with van der Waals surface area (Å²) in [6.07, 6.45) is 0. The van der Waals surface area contributed by atoms with Crippen LogP contribution in [0, 0.1) is 11.8 Å². The van der Waals surface area contributed by atoms with E-state index in [4.69, 9.17) is 21.4 Å². The Morgan fingerprint density at radius 1 is 1.43 bits per heavy atom. The third-order valence-electron chi connectivity index (χ3n) is 3.04. The maximum absolute atomic E-state index is 12.2. The van der Waals surface area contributed by atoms with Crippen molar-refractivity contribution in [2.75, 3.05) is 13.7 Å². The van der Waals surface area contributed by atoms with E-state index < -0.39 is 21.9 Å². The number of methoxy groups -OCH3 is 1. The van der Waals surface area contributed by atoms with Gasteiger partial charge in [0.15, 0.2) is 0 Å². The van der Waals surface area contributed by atoms with E-state index in [9.17, 15) is 13.2 Å². The quantitative estimate of drug-likeness (QED) is 0.794. The number of halogens is 1. The molecule has 0 saturated heterocycles. The average molecular weight is 336 g/mol. The molecule has 1 unspecified atom stereocenters. The summed E-state index contributed by atoms with van der Waals surface area (Å²) in [5.74, 6) is -1.72. The molecule has 118 valence electrons. The molecule has 1 aromatic rings. The second kappa shape index (κ2) is 7.11. The van der Waals surface area contributed by atoms with E-state index in [1.165, 1.54) is 25.3 Å². The summed E-state index contributed by atoms with van der Waals surface area (Å²) in [6, 6.07) is 4.23. The molecule has 0 heterocycles. The number of nitrogens with one attached hydrogen (secondary N) is 1. The van der Waals surface area contributed by atoms with Crippen molar-refractivity contribution < 1.29 is 23.1 Å². The van der Waals surface area contributed by atoms with Crippen LogP contribution in [0.15, 0.2) is 23.1 Å². The van der Waals surface area contributed by atoms with E-state index in [2.05, 4.69) is 4.72 Å². The van der Waals surface area contributed by atoms with Crippen molar-refractivity contribution in [3.63, 3.8) is 0 Å². The van der Waals surface area contributed by atoms with Gasteiger partial charge in [-0.15, -0.1) is 0 Å². The first-order chi connectivity index (χ1) is 9.69. The Morgan fingerprint density at radius 2 is 2.05 bits per heavy atom. The van der Waals surface area contributed by atoms with Gasteiger partial charge in [0, 0.05) is 12.6 Å². The molecule has 0 radical (unpaired) electrons. The van der Waals surface area contributed by atoms with Gasteiger partial charge in [-0.2, -0.15) is 0 Å². The predicted octanol–water partition coefficient (Wildman–Crippen LogP) is 1.98. The van der Waals surface area contributed by atoms with E-state index >= 15 is 0 Å². The number of carboxylic acids is 1. The lowest BCUT2D eigenvalue weighted by molar-refractivity contribution is -0.142. The normalized spacial score (nSPS) is 13.2. The number of hydrogen-bond donors (Lipinski definition) is 2. The fourth-order valence-corrected chi connectivity index (χ4v) is 3.27. The Labute approximate surface area is 129 Å². The highest BCUT2D eigenvalue weighted by Crippen LogP contribution is 2.26. The van der Waals surface area contributed by atoms with Gasteiger partial charge in [-0.1, -0.05) is 25.4 Å². The van der Waals surface area contributed by atoms with Gasteiger partial charge >= 0.3 is 5.97 Å². The molecule has 0 amide bonds. The first kappa shape index (κ1) is 17.7. The summed E-state index contributed by atoms with van der Waals surface area (Å²) < 4.78 is 31.7. The summed E-state index contributed by atoms with van der Waals surface area (Å²) in [7, 11) is -2.50. The van der Waals surface area contributed by atoms with Crippen LogP contribution in [0.4, 0.5) is 0 Å².